The molecule has 0 aliphatic carbocycles. The Labute approximate surface area is 95.6 Å². The molecule has 0 unspecified atom stereocenters. The highest BCUT2D eigenvalue weighted by atomic mass is 16.5. The van der Waals surface area contributed by atoms with Crippen LogP contribution in [0.2, 0.25) is 0 Å². The van der Waals surface area contributed by atoms with Crippen LogP contribution in [0.3, 0.4) is 0 Å². The molecule has 5 nitrogen and oxygen atoms in total. The molecule has 1 aromatic heterocycles. The summed E-state index contributed by atoms with van der Waals surface area (Å²) < 4.78 is 10.6. The van der Waals surface area contributed by atoms with Crippen molar-refractivity contribution in [1.29, 1.82) is 0 Å². The molecule has 0 radical (unpaired) electrons. The van der Waals surface area contributed by atoms with Crippen LogP contribution in [0.15, 0.2) is 4.52 Å². The lowest BCUT2D eigenvalue weighted by atomic mass is 9.97. The zero-order chi connectivity index (χ0) is 11.6. The molecule has 0 aromatic carbocycles. The van der Waals surface area contributed by atoms with Gasteiger partial charge < -0.3 is 14.6 Å². The Morgan fingerprint density at radius 1 is 1.38 bits per heavy atom. The Morgan fingerprint density at radius 3 is 2.69 bits per heavy atom. The van der Waals surface area contributed by atoms with E-state index in [0.29, 0.717) is 11.8 Å². The Balaban J connectivity index is 2.12. The summed E-state index contributed by atoms with van der Waals surface area (Å²) >= 11 is 0. The molecule has 1 saturated heterocycles. The van der Waals surface area contributed by atoms with Crippen molar-refractivity contribution in [2.24, 2.45) is 0 Å². The van der Waals surface area contributed by atoms with Gasteiger partial charge in [0.1, 0.15) is 5.60 Å². The fourth-order valence-electron chi connectivity index (χ4n) is 1.81. The third-order valence-corrected chi connectivity index (χ3v) is 3.17. The first-order chi connectivity index (χ1) is 7.63. The van der Waals surface area contributed by atoms with Gasteiger partial charge in [-0.3, -0.25) is 0 Å². The molecule has 0 spiro atoms. The van der Waals surface area contributed by atoms with Gasteiger partial charge >= 0.3 is 0 Å². The molecule has 2 rings (SSSR count). The summed E-state index contributed by atoms with van der Waals surface area (Å²) in [5, 5.41) is 7.38. The minimum Gasteiger partial charge on any atom is -0.369 e. The molecule has 0 amide bonds. The molecule has 5 heteroatoms. The molecule has 90 valence electrons. The summed E-state index contributed by atoms with van der Waals surface area (Å²) in [6, 6.07) is 0. The Kier molecular flexibility index (Phi) is 3.25. The zero-order valence-electron chi connectivity index (χ0n) is 10.1. The second kappa shape index (κ2) is 4.51. The molecule has 0 atom stereocenters. The number of hydrogen-bond donors (Lipinski definition) is 1. The van der Waals surface area contributed by atoms with Gasteiger partial charge in [0.2, 0.25) is 0 Å². The molecule has 0 saturated carbocycles. The summed E-state index contributed by atoms with van der Waals surface area (Å²) in [7, 11) is 1.65. The Hall–Kier alpha value is -0.940. The van der Waals surface area contributed by atoms with E-state index in [2.05, 4.69) is 15.5 Å². The summed E-state index contributed by atoms with van der Waals surface area (Å²) in [6.45, 7) is 5.91. The number of rotatable bonds is 3. The zero-order valence-corrected chi connectivity index (χ0v) is 10.1. The highest BCUT2D eigenvalue weighted by molar-refractivity contribution is 5.01. The number of piperidine rings is 1. The van der Waals surface area contributed by atoms with E-state index in [1.165, 1.54) is 0 Å². The predicted molar refractivity (Wildman–Crippen MR) is 59.2 cm³/mol. The van der Waals surface area contributed by atoms with Gasteiger partial charge in [0.05, 0.1) is 0 Å². The maximum absolute atomic E-state index is 5.32. The van der Waals surface area contributed by atoms with E-state index in [0.717, 1.165) is 31.8 Å². The van der Waals surface area contributed by atoms with Gasteiger partial charge in [-0.05, 0) is 39.8 Å². The molecular weight excluding hydrogens is 206 g/mol. The van der Waals surface area contributed by atoms with Crippen LogP contribution in [0.5, 0.6) is 0 Å². The lowest BCUT2D eigenvalue weighted by Crippen LogP contribution is -2.27. The van der Waals surface area contributed by atoms with Gasteiger partial charge in [-0.1, -0.05) is 5.16 Å². The first kappa shape index (κ1) is 11.5. The average molecular weight is 225 g/mol. The number of nitrogens with zero attached hydrogens (tertiary/aromatic N) is 2. The SMILES string of the molecule is COC(C)(C)c1nc(C2CCNCC2)no1. The highest BCUT2D eigenvalue weighted by Gasteiger charge is 2.29. The van der Waals surface area contributed by atoms with Gasteiger partial charge in [0.15, 0.2) is 5.82 Å². The lowest BCUT2D eigenvalue weighted by Gasteiger charge is -2.19. The topological polar surface area (TPSA) is 60.2 Å². The predicted octanol–water partition coefficient (Wildman–Crippen LogP) is 1.42. The van der Waals surface area contributed by atoms with Gasteiger partial charge in [0.25, 0.3) is 5.89 Å². The van der Waals surface area contributed by atoms with Crippen LogP contribution in [-0.2, 0) is 10.3 Å². The quantitative estimate of drug-likeness (QED) is 0.843. The summed E-state index contributed by atoms with van der Waals surface area (Å²) in [6.07, 6.45) is 2.15. The second-order valence-electron chi connectivity index (χ2n) is 4.70. The summed E-state index contributed by atoms with van der Waals surface area (Å²) in [5.41, 5.74) is -0.502. The van der Waals surface area contributed by atoms with Crippen molar-refractivity contribution in [3.63, 3.8) is 0 Å². The molecule has 1 aliphatic rings. The first-order valence-electron chi connectivity index (χ1n) is 5.73. The summed E-state index contributed by atoms with van der Waals surface area (Å²) in [5.74, 6) is 1.80. The fourth-order valence-corrected chi connectivity index (χ4v) is 1.81. The Bertz CT molecular complexity index is 343. The van der Waals surface area contributed by atoms with E-state index in [9.17, 15) is 0 Å². The number of nitrogens with one attached hydrogen (secondary N) is 1. The maximum atomic E-state index is 5.32. The minimum atomic E-state index is -0.502. The van der Waals surface area contributed by atoms with Crippen molar-refractivity contribution in [2.75, 3.05) is 20.2 Å². The van der Waals surface area contributed by atoms with Gasteiger partial charge in [-0.2, -0.15) is 4.98 Å². The third kappa shape index (κ3) is 2.25. The molecular formula is C11H19N3O2. The standard InChI is InChI=1S/C11H19N3O2/c1-11(2,15-3)10-13-9(14-16-10)8-4-6-12-7-5-8/h8,12H,4-7H2,1-3H3. The van der Waals surface area contributed by atoms with Crippen LogP contribution in [-0.4, -0.2) is 30.3 Å². The molecule has 1 fully saturated rings. The van der Waals surface area contributed by atoms with E-state index in [4.69, 9.17) is 9.26 Å². The molecule has 1 aliphatic heterocycles. The molecule has 0 bridgehead atoms. The molecule has 2 heterocycles. The van der Waals surface area contributed by atoms with Crippen LogP contribution < -0.4 is 5.32 Å². The average Bonchev–Trinajstić information content (AvgIpc) is 2.80. The molecule has 1 aromatic rings. The van der Waals surface area contributed by atoms with Crippen molar-refractivity contribution < 1.29 is 9.26 Å². The van der Waals surface area contributed by atoms with Gasteiger partial charge in [-0.15, -0.1) is 0 Å². The number of aromatic nitrogens is 2. The monoisotopic (exact) mass is 225 g/mol. The van der Waals surface area contributed by atoms with Crippen molar-refractivity contribution in [3.8, 4) is 0 Å². The van der Waals surface area contributed by atoms with Crippen molar-refractivity contribution in [3.05, 3.63) is 11.7 Å². The number of methoxy groups -OCH3 is 1. The van der Waals surface area contributed by atoms with E-state index in [1.54, 1.807) is 7.11 Å². The smallest absolute Gasteiger partial charge is 0.258 e. The maximum Gasteiger partial charge on any atom is 0.258 e. The van der Waals surface area contributed by atoms with E-state index in [-0.39, 0.29) is 0 Å². The largest absolute Gasteiger partial charge is 0.369 e. The van der Waals surface area contributed by atoms with Gasteiger partial charge in [0, 0.05) is 13.0 Å². The van der Waals surface area contributed by atoms with Crippen LogP contribution in [0.1, 0.15) is 44.3 Å². The normalized spacial score (nSPS) is 18.9. The van der Waals surface area contributed by atoms with Crippen LogP contribution in [0, 0.1) is 0 Å². The van der Waals surface area contributed by atoms with E-state index < -0.39 is 5.60 Å². The molecule has 1 N–H and O–H groups in total. The number of hydrogen-bond acceptors (Lipinski definition) is 5. The second-order valence-corrected chi connectivity index (χ2v) is 4.70. The lowest BCUT2D eigenvalue weighted by molar-refractivity contribution is -0.00786. The van der Waals surface area contributed by atoms with E-state index in [1.807, 2.05) is 13.8 Å². The number of ether oxygens (including phenoxy) is 1. The van der Waals surface area contributed by atoms with Crippen molar-refractivity contribution >= 4 is 0 Å². The minimum absolute atomic E-state index is 0.423. The van der Waals surface area contributed by atoms with Crippen LogP contribution in [0.25, 0.3) is 0 Å². The Morgan fingerprint density at radius 2 is 2.06 bits per heavy atom. The fraction of sp³-hybridized carbons (Fsp3) is 0.818. The highest BCUT2D eigenvalue weighted by Crippen LogP contribution is 2.27. The van der Waals surface area contributed by atoms with Crippen LogP contribution in [0.4, 0.5) is 0 Å². The third-order valence-electron chi connectivity index (χ3n) is 3.17. The first-order valence-corrected chi connectivity index (χ1v) is 5.73. The van der Waals surface area contributed by atoms with Crippen molar-refractivity contribution in [1.82, 2.24) is 15.5 Å². The van der Waals surface area contributed by atoms with Gasteiger partial charge in [-0.25, -0.2) is 0 Å². The van der Waals surface area contributed by atoms with Crippen LogP contribution >= 0.6 is 0 Å². The van der Waals surface area contributed by atoms with E-state index >= 15 is 0 Å². The van der Waals surface area contributed by atoms with Crippen molar-refractivity contribution in [2.45, 2.75) is 38.2 Å². The molecule has 16 heavy (non-hydrogen) atoms. The summed E-state index contributed by atoms with van der Waals surface area (Å²) in [4.78, 5) is 4.45.